The molecule has 0 aromatic heterocycles. The number of phenols is 1. The molecule has 8 heteroatoms. The lowest BCUT2D eigenvalue weighted by Gasteiger charge is -2.31. The van der Waals surface area contributed by atoms with Crippen molar-refractivity contribution in [2.75, 3.05) is 6.67 Å². The zero-order valence-corrected chi connectivity index (χ0v) is 17.0. The molecule has 0 unspecified atom stereocenters. The SMILES string of the molecule is CCc1cc(Cl)c(C2=C3C=CC(Sc4ccc(F)cc4)=NN3CNC2=O)cc1O. The van der Waals surface area contributed by atoms with E-state index in [2.05, 4.69) is 10.4 Å². The van der Waals surface area contributed by atoms with Gasteiger partial charge >= 0.3 is 0 Å². The number of amides is 1. The van der Waals surface area contributed by atoms with Crippen molar-refractivity contribution in [3.8, 4) is 5.75 Å². The van der Waals surface area contributed by atoms with Crippen LogP contribution in [0.1, 0.15) is 18.1 Å². The van der Waals surface area contributed by atoms with E-state index in [-0.39, 0.29) is 24.1 Å². The van der Waals surface area contributed by atoms with Crippen molar-refractivity contribution < 1.29 is 14.3 Å². The van der Waals surface area contributed by atoms with E-state index >= 15 is 0 Å². The maximum absolute atomic E-state index is 13.1. The Morgan fingerprint density at radius 2 is 2.03 bits per heavy atom. The molecular weight excluding hydrogens is 413 g/mol. The van der Waals surface area contributed by atoms with E-state index in [0.717, 1.165) is 4.90 Å². The number of fused-ring (bicyclic) bond motifs is 1. The lowest BCUT2D eigenvalue weighted by atomic mass is 9.98. The first kappa shape index (κ1) is 19.5. The van der Waals surface area contributed by atoms with Crippen LogP contribution in [0.2, 0.25) is 5.02 Å². The molecule has 2 N–H and O–H groups in total. The van der Waals surface area contributed by atoms with Crippen molar-refractivity contribution in [1.82, 2.24) is 10.3 Å². The average molecular weight is 430 g/mol. The van der Waals surface area contributed by atoms with Crippen molar-refractivity contribution >= 4 is 39.9 Å². The Kier molecular flexibility index (Phi) is 5.34. The van der Waals surface area contributed by atoms with Crippen LogP contribution >= 0.6 is 23.4 Å². The number of nitrogens with zero attached hydrogens (tertiary/aromatic N) is 2. The van der Waals surface area contributed by atoms with Crippen molar-refractivity contribution in [2.45, 2.75) is 18.2 Å². The molecule has 5 nitrogen and oxygen atoms in total. The van der Waals surface area contributed by atoms with Gasteiger partial charge < -0.3 is 10.4 Å². The van der Waals surface area contributed by atoms with Gasteiger partial charge in [0.25, 0.3) is 5.91 Å². The average Bonchev–Trinajstić information content (AvgIpc) is 2.71. The number of aromatic hydroxyl groups is 1. The van der Waals surface area contributed by atoms with E-state index in [0.29, 0.717) is 38.9 Å². The van der Waals surface area contributed by atoms with Crippen LogP contribution in [0, 0.1) is 5.82 Å². The molecule has 2 aliphatic heterocycles. The van der Waals surface area contributed by atoms with Crippen molar-refractivity contribution in [2.24, 2.45) is 5.10 Å². The third-order valence-corrected chi connectivity index (χ3v) is 5.86. The number of hydrogen-bond acceptors (Lipinski definition) is 5. The zero-order chi connectivity index (χ0) is 20.5. The molecule has 0 spiro atoms. The highest BCUT2D eigenvalue weighted by atomic mass is 35.5. The molecule has 2 aliphatic rings. The molecule has 29 heavy (non-hydrogen) atoms. The van der Waals surface area contributed by atoms with Gasteiger partial charge in [0.1, 0.15) is 23.3 Å². The molecule has 0 saturated carbocycles. The molecule has 2 aromatic rings. The Hall–Kier alpha value is -2.77. The fraction of sp³-hybridized carbons (Fsp3) is 0.143. The Balaban J connectivity index is 1.70. The number of hydrazone groups is 1. The van der Waals surface area contributed by atoms with Gasteiger partial charge in [-0.2, -0.15) is 5.10 Å². The second kappa shape index (κ2) is 7.93. The summed E-state index contributed by atoms with van der Waals surface area (Å²) in [7, 11) is 0. The van der Waals surface area contributed by atoms with Gasteiger partial charge in [-0.05, 0) is 60.5 Å². The molecule has 0 fully saturated rings. The second-order valence-electron chi connectivity index (χ2n) is 6.47. The van der Waals surface area contributed by atoms with E-state index in [1.807, 2.05) is 6.92 Å². The van der Waals surface area contributed by atoms with Gasteiger partial charge in [-0.3, -0.25) is 4.79 Å². The zero-order valence-electron chi connectivity index (χ0n) is 15.4. The summed E-state index contributed by atoms with van der Waals surface area (Å²) >= 11 is 7.81. The number of thioether (sulfide) groups is 1. The first-order valence-electron chi connectivity index (χ1n) is 8.98. The Morgan fingerprint density at radius 3 is 2.76 bits per heavy atom. The number of carbonyl (C=O) groups is 1. The minimum atomic E-state index is -0.293. The van der Waals surface area contributed by atoms with Crippen LogP contribution in [0.5, 0.6) is 5.75 Å². The van der Waals surface area contributed by atoms with Gasteiger partial charge in [0.05, 0.1) is 11.3 Å². The largest absolute Gasteiger partial charge is 0.508 e. The lowest BCUT2D eigenvalue weighted by molar-refractivity contribution is -0.116. The third-order valence-electron chi connectivity index (χ3n) is 4.61. The molecule has 0 atom stereocenters. The maximum atomic E-state index is 13.1. The monoisotopic (exact) mass is 429 g/mol. The van der Waals surface area contributed by atoms with Gasteiger partial charge in [-0.15, -0.1) is 0 Å². The molecule has 4 rings (SSSR count). The topological polar surface area (TPSA) is 64.9 Å². The van der Waals surface area contributed by atoms with E-state index in [4.69, 9.17) is 11.6 Å². The highest BCUT2D eigenvalue weighted by molar-refractivity contribution is 8.14. The first-order chi connectivity index (χ1) is 14.0. The highest BCUT2D eigenvalue weighted by Gasteiger charge is 2.29. The minimum Gasteiger partial charge on any atom is -0.508 e. The fourth-order valence-electron chi connectivity index (χ4n) is 3.14. The predicted octanol–water partition coefficient (Wildman–Crippen LogP) is 4.52. The van der Waals surface area contributed by atoms with Gasteiger partial charge in [-0.25, -0.2) is 9.40 Å². The summed E-state index contributed by atoms with van der Waals surface area (Å²) < 4.78 is 13.1. The van der Waals surface area contributed by atoms with Crippen molar-refractivity contribution in [1.29, 1.82) is 0 Å². The Bertz CT molecular complexity index is 1080. The van der Waals surface area contributed by atoms with Gasteiger partial charge in [0, 0.05) is 15.5 Å². The molecule has 2 aromatic carbocycles. The molecule has 0 saturated heterocycles. The minimum absolute atomic E-state index is 0.0979. The number of hydrogen-bond donors (Lipinski definition) is 2. The number of allylic oxidation sites excluding steroid dienone is 1. The van der Waals surface area contributed by atoms with Gasteiger partial charge in [0.2, 0.25) is 0 Å². The number of benzene rings is 2. The summed E-state index contributed by atoms with van der Waals surface area (Å²) in [4.78, 5) is 13.5. The Labute approximate surface area is 176 Å². The third kappa shape index (κ3) is 3.88. The molecule has 0 bridgehead atoms. The standard InChI is InChI=1S/C21H17ClFN3O2S/c1-2-12-9-16(22)15(10-18(12)27)20-17-7-8-19(25-26(17)11-24-21(20)28)29-14-5-3-13(23)4-6-14/h3-10,27H,2,11H2,1H3,(H,24,28). The number of nitrogens with one attached hydrogen (secondary N) is 1. The van der Waals surface area contributed by atoms with Crippen LogP contribution in [-0.4, -0.2) is 27.7 Å². The lowest BCUT2D eigenvalue weighted by Crippen LogP contribution is -2.42. The van der Waals surface area contributed by atoms with Crippen LogP contribution in [0.4, 0.5) is 4.39 Å². The summed E-state index contributed by atoms with van der Waals surface area (Å²) in [6, 6.07) is 9.36. The molecular formula is C21H17ClFN3O2S. The second-order valence-corrected chi connectivity index (χ2v) is 7.97. The van der Waals surface area contributed by atoms with Crippen LogP contribution in [0.15, 0.2) is 64.2 Å². The predicted molar refractivity (Wildman–Crippen MR) is 113 cm³/mol. The number of aryl methyl sites for hydroxylation is 1. The maximum Gasteiger partial charge on any atom is 0.255 e. The number of rotatable bonds is 3. The number of carbonyl (C=O) groups excluding carboxylic acids is 1. The molecule has 148 valence electrons. The molecule has 2 heterocycles. The van der Waals surface area contributed by atoms with E-state index < -0.39 is 0 Å². The van der Waals surface area contributed by atoms with E-state index in [1.54, 1.807) is 35.4 Å². The van der Waals surface area contributed by atoms with E-state index in [9.17, 15) is 14.3 Å². The van der Waals surface area contributed by atoms with E-state index in [1.165, 1.54) is 30.0 Å². The van der Waals surface area contributed by atoms with Crippen LogP contribution in [-0.2, 0) is 11.2 Å². The van der Waals surface area contributed by atoms with Gasteiger partial charge in [-0.1, -0.05) is 30.3 Å². The summed E-state index contributed by atoms with van der Waals surface area (Å²) in [6.07, 6.45) is 4.23. The smallest absolute Gasteiger partial charge is 0.255 e. The molecule has 0 radical (unpaired) electrons. The summed E-state index contributed by atoms with van der Waals surface area (Å²) in [6.45, 7) is 2.13. The number of phenolic OH excluding ortho intramolecular Hbond substituents is 1. The number of halogens is 2. The van der Waals surface area contributed by atoms with Crippen LogP contribution < -0.4 is 5.32 Å². The van der Waals surface area contributed by atoms with Crippen LogP contribution in [0.3, 0.4) is 0 Å². The van der Waals surface area contributed by atoms with Crippen LogP contribution in [0.25, 0.3) is 5.57 Å². The highest BCUT2D eigenvalue weighted by Crippen LogP contribution is 2.36. The van der Waals surface area contributed by atoms with Crippen molar-refractivity contribution in [3.05, 3.63) is 76.2 Å². The molecule has 0 aliphatic carbocycles. The summed E-state index contributed by atoms with van der Waals surface area (Å²) in [5.41, 5.74) is 2.12. The van der Waals surface area contributed by atoms with Gasteiger partial charge in [0.15, 0.2) is 0 Å². The normalized spacial score (nSPS) is 15.9. The van der Waals surface area contributed by atoms with Crippen molar-refractivity contribution in [3.63, 3.8) is 0 Å². The summed E-state index contributed by atoms with van der Waals surface area (Å²) in [5, 5.41) is 20.4. The quantitative estimate of drug-likeness (QED) is 0.752. The summed E-state index contributed by atoms with van der Waals surface area (Å²) in [5.74, 6) is -0.477. The fourth-order valence-corrected chi connectivity index (χ4v) is 4.21. The molecule has 1 amide bonds. The Morgan fingerprint density at radius 1 is 1.28 bits per heavy atom. The first-order valence-corrected chi connectivity index (χ1v) is 10.2.